The first-order chi connectivity index (χ1) is 20.5. The predicted octanol–water partition coefficient (Wildman–Crippen LogP) is 4.88. The third-order valence-corrected chi connectivity index (χ3v) is 8.81. The molecule has 11 heteroatoms. The summed E-state index contributed by atoms with van der Waals surface area (Å²) in [5, 5.41) is 11.2. The number of benzene rings is 2. The Kier molecular flexibility index (Phi) is 7.44. The van der Waals surface area contributed by atoms with Crippen LogP contribution in [0.1, 0.15) is 52.1 Å². The fraction of sp³-hybridized carbons (Fsp3) is 0.469. The molecule has 0 radical (unpaired) electrons. The number of aromatic nitrogens is 6. The third kappa shape index (κ3) is 4.95. The van der Waals surface area contributed by atoms with Crippen LogP contribution in [0.2, 0.25) is 5.15 Å². The van der Waals surface area contributed by atoms with Gasteiger partial charge in [0.25, 0.3) is 5.56 Å². The maximum atomic E-state index is 13.6. The standard InChI is InChI=1S/C32H38ClN7O3/c1-18(2)16-38-26-14-22-23(15-27(26)39(32(38)43)17-19(3)4)29(35-34-28(22)33)37-11-9-21(10-12-37)40-30(41)24-13-20(5)7-8-25(24)36(6)31(40)42/h7-8,13-15,18-19,21H,9-12,16-17H2,1-6H3. The predicted molar refractivity (Wildman–Crippen MR) is 173 cm³/mol. The number of halogens is 1. The molecule has 1 fully saturated rings. The summed E-state index contributed by atoms with van der Waals surface area (Å²) in [5.41, 5.74) is 2.75. The van der Waals surface area contributed by atoms with E-state index in [1.165, 1.54) is 4.57 Å². The Bertz CT molecular complexity index is 2060. The molecular formula is C32H38ClN7O3. The molecule has 0 bridgehead atoms. The fourth-order valence-electron chi connectivity index (χ4n) is 6.49. The lowest BCUT2D eigenvalue weighted by molar-refractivity contribution is 0.370. The molecule has 1 saturated heterocycles. The zero-order chi connectivity index (χ0) is 30.7. The maximum Gasteiger partial charge on any atom is 0.331 e. The van der Waals surface area contributed by atoms with Crippen LogP contribution in [0, 0.1) is 18.8 Å². The van der Waals surface area contributed by atoms with Crippen LogP contribution in [-0.4, -0.2) is 41.6 Å². The second-order valence-corrected chi connectivity index (χ2v) is 13.1. The molecule has 0 saturated carbocycles. The van der Waals surface area contributed by atoms with Crippen molar-refractivity contribution in [3.8, 4) is 0 Å². The van der Waals surface area contributed by atoms with Gasteiger partial charge in [-0.1, -0.05) is 50.9 Å². The lowest BCUT2D eigenvalue weighted by atomic mass is 10.0. The molecule has 0 amide bonds. The van der Waals surface area contributed by atoms with Crippen molar-refractivity contribution in [3.05, 3.63) is 72.4 Å². The number of hydrogen-bond acceptors (Lipinski definition) is 6. The van der Waals surface area contributed by atoms with Crippen LogP contribution in [0.15, 0.2) is 44.7 Å². The van der Waals surface area contributed by atoms with Gasteiger partial charge in [-0.05, 0) is 55.9 Å². The van der Waals surface area contributed by atoms with E-state index in [-0.39, 0.29) is 28.1 Å². The van der Waals surface area contributed by atoms with Crippen molar-refractivity contribution in [2.24, 2.45) is 18.9 Å². The molecule has 10 nitrogen and oxygen atoms in total. The smallest absolute Gasteiger partial charge is 0.331 e. The summed E-state index contributed by atoms with van der Waals surface area (Å²) in [5.74, 6) is 1.28. The quantitative estimate of drug-likeness (QED) is 0.274. The van der Waals surface area contributed by atoms with E-state index in [9.17, 15) is 14.4 Å². The van der Waals surface area contributed by atoms with Gasteiger partial charge in [-0.3, -0.25) is 23.1 Å². The number of aryl methyl sites for hydroxylation is 2. The van der Waals surface area contributed by atoms with Crippen LogP contribution in [-0.2, 0) is 20.1 Å². The van der Waals surface area contributed by atoms with Crippen molar-refractivity contribution in [1.82, 2.24) is 28.5 Å². The molecule has 0 N–H and O–H groups in total. The Hall–Kier alpha value is -3.92. The van der Waals surface area contributed by atoms with E-state index in [0.717, 1.165) is 27.4 Å². The van der Waals surface area contributed by atoms with Crippen molar-refractivity contribution in [2.75, 3.05) is 18.0 Å². The Morgan fingerprint density at radius 2 is 1.42 bits per heavy atom. The molecule has 3 aromatic heterocycles. The Morgan fingerprint density at radius 1 is 0.814 bits per heavy atom. The van der Waals surface area contributed by atoms with Crippen LogP contribution in [0.3, 0.4) is 0 Å². The minimum atomic E-state index is -0.298. The van der Waals surface area contributed by atoms with Crippen molar-refractivity contribution in [3.63, 3.8) is 0 Å². The molecular weight excluding hydrogens is 566 g/mol. The first-order valence-electron chi connectivity index (χ1n) is 15.0. The topological polar surface area (TPSA) is 100.0 Å². The van der Waals surface area contributed by atoms with Gasteiger partial charge in [0.1, 0.15) is 0 Å². The molecule has 0 unspecified atom stereocenters. The molecule has 6 rings (SSSR count). The molecule has 2 aromatic carbocycles. The van der Waals surface area contributed by atoms with Crippen LogP contribution in [0.5, 0.6) is 0 Å². The van der Waals surface area contributed by atoms with Gasteiger partial charge in [0.15, 0.2) is 11.0 Å². The van der Waals surface area contributed by atoms with E-state index >= 15 is 0 Å². The van der Waals surface area contributed by atoms with Crippen molar-refractivity contribution in [2.45, 2.75) is 66.6 Å². The number of piperidine rings is 1. The van der Waals surface area contributed by atoms with Crippen molar-refractivity contribution in [1.29, 1.82) is 0 Å². The summed E-state index contributed by atoms with van der Waals surface area (Å²) in [4.78, 5) is 42.5. The number of rotatable bonds is 6. The van der Waals surface area contributed by atoms with Crippen LogP contribution >= 0.6 is 11.6 Å². The van der Waals surface area contributed by atoms with Gasteiger partial charge in [0.2, 0.25) is 0 Å². The minimum absolute atomic E-state index is 0.0234. The van der Waals surface area contributed by atoms with Gasteiger partial charge < -0.3 is 4.90 Å². The molecule has 226 valence electrons. The average molecular weight is 604 g/mol. The fourth-order valence-corrected chi connectivity index (χ4v) is 6.68. The van der Waals surface area contributed by atoms with Gasteiger partial charge >= 0.3 is 11.4 Å². The van der Waals surface area contributed by atoms with Gasteiger partial charge in [-0.25, -0.2) is 9.59 Å². The molecule has 0 spiro atoms. The Labute approximate surface area is 254 Å². The molecule has 1 aliphatic rings. The SMILES string of the molecule is Cc1ccc2c(c1)c(=O)n(C1CCN(c3nnc(Cl)c4cc5c(cc34)n(CC(C)C)c(=O)n5CC(C)C)CC1)c(=O)n2C. The summed E-state index contributed by atoms with van der Waals surface area (Å²) in [7, 11) is 1.72. The van der Waals surface area contributed by atoms with Crippen molar-refractivity contribution >= 4 is 50.1 Å². The Morgan fingerprint density at radius 3 is 2.02 bits per heavy atom. The molecule has 43 heavy (non-hydrogen) atoms. The number of fused-ring (bicyclic) bond motifs is 3. The maximum absolute atomic E-state index is 13.6. The lowest BCUT2D eigenvalue weighted by Gasteiger charge is -2.33. The number of imidazole rings is 1. The average Bonchev–Trinajstić information content (AvgIpc) is 3.20. The zero-order valence-electron chi connectivity index (χ0n) is 25.6. The van der Waals surface area contributed by atoms with E-state index in [1.54, 1.807) is 11.6 Å². The van der Waals surface area contributed by atoms with Crippen molar-refractivity contribution < 1.29 is 0 Å². The highest BCUT2D eigenvalue weighted by atomic mass is 35.5. The van der Waals surface area contributed by atoms with E-state index < -0.39 is 0 Å². The first-order valence-corrected chi connectivity index (χ1v) is 15.4. The molecule has 0 aliphatic carbocycles. The van der Waals surface area contributed by atoms with Gasteiger partial charge in [0, 0.05) is 50.0 Å². The summed E-state index contributed by atoms with van der Waals surface area (Å²) >= 11 is 6.61. The number of nitrogens with zero attached hydrogens (tertiary/aromatic N) is 7. The largest absolute Gasteiger partial charge is 0.354 e. The van der Waals surface area contributed by atoms with E-state index in [2.05, 4.69) is 42.8 Å². The molecule has 1 aliphatic heterocycles. The van der Waals surface area contributed by atoms with Gasteiger partial charge in [-0.2, -0.15) is 0 Å². The van der Waals surface area contributed by atoms with E-state index in [4.69, 9.17) is 11.6 Å². The lowest BCUT2D eigenvalue weighted by Crippen LogP contribution is -2.45. The molecule has 4 heterocycles. The zero-order valence-corrected chi connectivity index (χ0v) is 26.4. The number of anilines is 1. The van der Waals surface area contributed by atoms with Crippen LogP contribution in [0.4, 0.5) is 5.82 Å². The highest BCUT2D eigenvalue weighted by molar-refractivity contribution is 6.35. The Balaban J connectivity index is 1.40. The highest BCUT2D eigenvalue weighted by Gasteiger charge is 2.28. The van der Waals surface area contributed by atoms with Gasteiger partial charge in [0.05, 0.1) is 21.9 Å². The molecule has 0 atom stereocenters. The summed E-state index contributed by atoms with van der Waals surface area (Å²) in [6.45, 7) is 12.7. The van der Waals surface area contributed by atoms with E-state index in [0.29, 0.717) is 67.6 Å². The second-order valence-electron chi connectivity index (χ2n) is 12.7. The summed E-state index contributed by atoms with van der Waals surface area (Å²) < 4.78 is 6.69. The summed E-state index contributed by atoms with van der Waals surface area (Å²) in [6.07, 6.45) is 1.20. The summed E-state index contributed by atoms with van der Waals surface area (Å²) in [6, 6.07) is 9.37. The minimum Gasteiger partial charge on any atom is -0.354 e. The third-order valence-electron chi connectivity index (χ3n) is 8.53. The molecule has 5 aromatic rings. The highest BCUT2D eigenvalue weighted by Crippen LogP contribution is 2.34. The van der Waals surface area contributed by atoms with E-state index in [1.807, 2.05) is 46.4 Å². The van der Waals surface area contributed by atoms with Gasteiger partial charge in [-0.15, -0.1) is 10.2 Å². The monoisotopic (exact) mass is 603 g/mol. The first kappa shape index (κ1) is 29.2. The normalized spacial score (nSPS) is 14.8. The second kappa shape index (κ2) is 11.0. The number of hydrogen-bond donors (Lipinski definition) is 0. The van der Waals surface area contributed by atoms with Crippen LogP contribution in [0.25, 0.3) is 32.7 Å². The van der Waals surface area contributed by atoms with Crippen LogP contribution < -0.4 is 21.8 Å².